The second kappa shape index (κ2) is 3.82. The Labute approximate surface area is 69.7 Å². The van der Waals surface area contributed by atoms with Gasteiger partial charge in [-0.2, -0.15) is 0 Å². The first-order valence-corrected chi connectivity index (χ1v) is 3.75. The third-order valence-corrected chi connectivity index (χ3v) is 2.03. The largest absolute Gasteiger partial charge is 0.394 e. The van der Waals surface area contributed by atoms with Gasteiger partial charge in [0, 0.05) is 13.0 Å². The lowest BCUT2D eigenvalue weighted by Crippen LogP contribution is -2.34. The van der Waals surface area contributed by atoms with Crippen LogP contribution in [0.25, 0.3) is 0 Å². The lowest BCUT2D eigenvalue weighted by molar-refractivity contribution is -0.124. The number of alkyl halides is 1. The molecule has 1 rings (SSSR count). The predicted octanol–water partition coefficient (Wildman–Crippen LogP) is -0.922. The Balaban J connectivity index is 2.60. The normalized spacial score (nSPS) is 35.2. The zero-order valence-corrected chi connectivity index (χ0v) is 6.79. The van der Waals surface area contributed by atoms with Crippen molar-refractivity contribution in [3.05, 3.63) is 0 Å². The Morgan fingerprint density at radius 1 is 1.75 bits per heavy atom. The minimum atomic E-state index is -1.55. The van der Waals surface area contributed by atoms with Crippen molar-refractivity contribution in [1.82, 2.24) is 5.32 Å². The van der Waals surface area contributed by atoms with Crippen LogP contribution >= 0.6 is 0 Å². The molecule has 1 saturated heterocycles. The zero-order valence-electron chi connectivity index (χ0n) is 6.79. The van der Waals surface area contributed by atoms with Gasteiger partial charge in [0.2, 0.25) is 0 Å². The van der Waals surface area contributed by atoms with Gasteiger partial charge in [0.15, 0.2) is 6.17 Å². The molecular formula is C7H12FNO3. The minimum absolute atomic E-state index is 0.144. The van der Waals surface area contributed by atoms with E-state index in [4.69, 9.17) is 9.84 Å². The number of ether oxygens (including phenoxy) is 1. The van der Waals surface area contributed by atoms with E-state index in [2.05, 4.69) is 5.32 Å². The van der Waals surface area contributed by atoms with E-state index in [0.29, 0.717) is 0 Å². The Morgan fingerprint density at radius 2 is 2.42 bits per heavy atom. The van der Waals surface area contributed by atoms with E-state index in [1.165, 1.54) is 7.11 Å². The standard InChI is InChI=1S/C7H12FNO3/c1-12-3-4-5(2-10)9-7(11)6(4)8/h4-6,10H,2-3H2,1H3,(H,9,11)/t4-,5+,6+/m0/s1. The van der Waals surface area contributed by atoms with Crippen LogP contribution in [0.2, 0.25) is 0 Å². The van der Waals surface area contributed by atoms with Gasteiger partial charge in [0.05, 0.1) is 19.3 Å². The van der Waals surface area contributed by atoms with E-state index in [0.717, 1.165) is 0 Å². The quantitative estimate of drug-likeness (QED) is 0.586. The second-order valence-electron chi connectivity index (χ2n) is 2.82. The Kier molecular flexibility index (Phi) is 2.99. The van der Waals surface area contributed by atoms with Crippen molar-refractivity contribution in [3.8, 4) is 0 Å². The summed E-state index contributed by atoms with van der Waals surface area (Å²) >= 11 is 0. The van der Waals surface area contributed by atoms with Crippen molar-refractivity contribution in [2.75, 3.05) is 20.3 Å². The molecule has 1 fully saturated rings. The van der Waals surface area contributed by atoms with E-state index in [9.17, 15) is 9.18 Å². The van der Waals surface area contributed by atoms with Gasteiger partial charge in [-0.1, -0.05) is 0 Å². The molecule has 5 heteroatoms. The number of hydrogen-bond donors (Lipinski definition) is 2. The number of aliphatic hydroxyl groups excluding tert-OH is 1. The molecule has 3 atom stereocenters. The first kappa shape index (κ1) is 9.41. The maximum atomic E-state index is 13.0. The summed E-state index contributed by atoms with van der Waals surface area (Å²) in [5.74, 6) is -1.22. The molecule has 0 aromatic carbocycles. The molecule has 0 radical (unpaired) electrons. The number of halogens is 1. The molecule has 1 aliphatic rings. The fraction of sp³-hybridized carbons (Fsp3) is 0.857. The summed E-state index contributed by atoms with van der Waals surface area (Å²) in [6.45, 7) is -0.106. The number of aliphatic hydroxyl groups is 1. The van der Waals surface area contributed by atoms with E-state index >= 15 is 0 Å². The summed E-state index contributed by atoms with van der Waals surface area (Å²) in [5, 5.41) is 11.1. The number of rotatable bonds is 3. The summed E-state index contributed by atoms with van der Waals surface area (Å²) in [4.78, 5) is 10.8. The average molecular weight is 177 g/mol. The SMILES string of the molecule is COC[C@H]1[C@@H](CO)NC(=O)[C@@H]1F. The highest BCUT2D eigenvalue weighted by atomic mass is 19.1. The molecule has 0 saturated carbocycles. The van der Waals surface area contributed by atoms with E-state index in [1.807, 2.05) is 0 Å². The molecular weight excluding hydrogens is 165 g/mol. The Morgan fingerprint density at radius 3 is 2.92 bits per heavy atom. The molecule has 0 bridgehead atoms. The highest BCUT2D eigenvalue weighted by molar-refractivity contribution is 5.83. The number of amides is 1. The van der Waals surface area contributed by atoms with Gasteiger partial charge >= 0.3 is 0 Å². The van der Waals surface area contributed by atoms with Crippen molar-refractivity contribution in [3.63, 3.8) is 0 Å². The Bertz CT molecular complexity index is 176. The van der Waals surface area contributed by atoms with Crippen LogP contribution in [0, 0.1) is 5.92 Å². The number of carbonyl (C=O) groups is 1. The number of carbonyl (C=O) groups excluding carboxylic acids is 1. The molecule has 0 aliphatic carbocycles. The third kappa shape index (κ3) is 1.56. The van der Waals surface area contributed by atoms with E-state index < -0.39 is 24.0 Å². The third-order valence-electron chi connectivity index (χ3n) is 2.03. The van der Waals surface area contributed by atoms with E-state index in [-0.39, 0.29) is 13.2 Å². The van der Waals surface area contributed by atoms with Gasteiger partial charge in [0.25, 0.3) is 5.91 Å². The molecule has 1 aliphatic heterocycles. The van der Waals surface area contributed by atoms with E-state index in [1.54, 1.807) is 0 Å². The first-order chi connectivity index (χ1) is 5.70. The Hall–Kier alpha value is -0.680. The van der Waals surface area contributed by atoms with Crippen molar-refractivity contribution in [2.45, 2.75) is 12.2 Å². The molecule has 12 heavy (non-hydrogen) atoms. The van der Waals surface area contributed by atoms with Gasteiger partial charge in [0.1, 0.15) is 0 Å². The number of hydrogen-bond acceptors (Lipinski definition) is 3. The van der Waals surface area contributed by atoms with Crippen LogP contribution in [0.15, 0.2) is 0 Å². The van der Waals surface area contributed by atoms with Crippen molar-refractivity contribution < 1.29 is 19.0 Å². The van der Waals surface area contributed by atoms with Crippen LogP contribution in [-0.4, -0.2) is 43.6 Å². The topological polar surface area (TPSA) is 58.6 Å². The maximum absolute atomic E-state index is 13.0. The molecule has 0 aromatic rings. The lowest BCUT2D eigenvalue weighted by atomic mass is 10.0. The predicted molar refractivity (Wildman–Crippen MR) is 39.3 cm³/mol. The summed E-state index contributed by atoms with van der Waals surface area (Å²) in [5.41, 5.74) is 0. The highest BCUT2D eigenvalue weighted by Crippen LogP contribution is 2.20. The molecule has 0 aromatic heterocycles. The van der Waals surface area contributed by atoms with Crippen LogP contribution in [0.1, 0.15) is 0 Å². The lowest BCUT2D eigenvalue weighted by Gasteiger charge is -2.15. The molecule has 4 nitrogen and oxygen atoms in total. The molecule has 70 valence electrons. The summed E-state index contributed by atoms with van der Waals surface area (Å²) < 4.78 is 17.7. The number of nitrogens with one attached hydrogen (secondary N) is 1. The summed E-state index contributed by atoms with van der Waals surface area (Å²) in [6.07, 6.45) is -1.55. The average Bonchev–Trinajstić information content (AvgIpc) is 2.33. The highest BCUT2D eigenvalue weighted by Gasteiger charge is 2.42. The van der Waals surface area contributed by atoms with Gasteiger partial charge in [-0.05, 0) is 0 Å². The van der Waals surface area contributed by atoms with Crippen LogP contribution < -0.4 is 5.32 Å². The summed E-state index contributed by atoms with van der Waals surface area (Å²) in [6, 6.07) is -0.507. The van der Waals surface area contributed by atoms with Gasteiger partial charge in [-0.25, -0.2) is 4.39 Å². The van der Waals surface area contributed by atoms with Gasteiger partial charge in [-0.15, -0.1) is 0 Å². The monoisotopic (exact) mass is 177 g/mol. The van der Waals surface area contributed by atoms with Crippen molar-refractivity contribution in [2.24, 2.45) is 5.92 Å². The summed E-state index contributed by atoms with van der Waals surface area (Å²) in [7, 11) is 1.43. The van der Waals surface area contributed by atoms with Crippen LogP contribution in [0.3, 0.4) is 0 Å². The molecule has 1 amide bonds. The van der Waals surface area contributed by atoms with Crippen LogP contribution in [-0.2, 0) is 9.53 Å². The maximum Gasteiger partial charge on any atom is 0.255 e. The molecule has 2 N–H and O–H groups in total. The van der Waals surface area contributed by atoms with Crippen LogP contribution in [0.4, 0.5) is 4.39 Å². The smallest absolute Gasteiger partial charge is 0.255 e. The fourth-order valence-corrected chi connectivity index (χ4v) is 1.34. The van der Waals surface area contributed by atoms with Crippen molar-refractivity contribution >= 4 is 5.91 Å². The van der Waals surface area contributed by atoms with Gasteiger partial charge in [-0.3, -0.25) is 4.79 Å². The first-order valence-electron chi connectivity index (χ1n) is 3.75. The molecule has 0 spiro atoms. The van der Waals surface area contributed by atoms with Crippen molar-refractivity contribution in [1.29, 1.82) is 0 Å². The minimum Gasteiger partial charge on any atom is -0.394 e. The molecule has 0 unspecified atom stereocenters. The fourth-order valence-electron chi connectivity index (χ4n) is 1.34. The zero-order chi connectivity index (χ0) is 9.14. The number of methoxy groups -OCH3 is 1. The van der Waals surface area contributed by atoms with Gasteiger partial charge < -0.3 is 15.2 Å². The second-order valence-corrected chi connectivity index (χ2v) is 2.82. The molecule has 1 heterocycles. The van der Waals surface area contributed by atoms with Crippen LogP contribution in [0.5, 0.6) is 0 Å².